The Morgan fingerprint density at radius 2 is 2.00 bits per heavy atom. The maximum Gasteiger partial charge on any atom is 0.318 e. The molecule has 1 aromatic carbocycles. The van der Waals surface area contributed by atoms with Gasteiger partial charge in [0.15, 0.2) is 0 Å². The fourth-order valence-corrected chi connectivity index (χ4v) is 1.37. The van der Waals surface area contributed by atoms with Gasteiger partial charge in [-0.05, 0) is 25.5 Å². The van der Waals surface area contributed by atoms with Crippen molar-refractivity contribution in [3.05, 3.63) is 29.3 Å². The Kier molecular flexibility index (Phi) is 3.88. The topological polar surface area (TPSA) is 84.2 Å². The molecule has 0 aliphatic carbocycles. The normalized spacial score (nSPS) is 9.62. The van der Waals surface area contributed by atoms with Crippen LogP contribution >= 0.6 is 0 Å². The SMILES string of the molecule is Cc1ccc(NCC(=O)NC(N)=O)c(C)c1. The van der Waals surface area contributed by atoms with Crippen LogP contribution in [0.25, 0.3) is 0 Å². The number of carbonyl (C=O) groups excluding carboxylic acids is 2. The fraction of sp³-hybridized carbons (Fsp3) is 0.273. The average molecular weight is 221 g/mol. The minimum Gasteiger partial charge on any atom is -0.376 e. The molecule has 0 radical (unpaired) electrons. The molecule has 0 aromatic heterocycles. The molecular formula is C11H15N3O2. The number of hydrogen-bond acceptors (Lipinski definition) is 3. The van der Waals surface area contributed by atoms with Crippen molar-refractivity contribution in [1.82, 2.24) is 5.32 Å². The maximum atomic E-state index is 11.1. The Labute approximate surface area is 94.0 Å². The average Bonchev–Trinajstić information content (AvgIpc) is 2.15. The van der Waals surface area contributed by atoms with Gasteiger partial charge in [0, 0.05) is 5.69 Å². The molecule has 86 valence electrons. The van der Waals surface area contributed by atoms with E-state index >= 15 is 0 Å². The molecule has 0 aliphatic rings. The quantitative estimate of drug-likeness (QED) is 0.709. The van der Waals surface area contributed by atoms with E-state index < -0.39 is 11.9 Å². The molecule has 1 rings (SSSR count). The summed E-state index contributed by atoms with van der Waals surface area (Å²) in [5, 5.41) is 4.91. The maximum absolute atomic E-state index is 11.1. The number of nitrogens with two attached hydrogens (primary N) is 1. The summed E-state index contributed by atoms with van der Waals surface area (Å²) >= 11 is 0. The number of amides is 3. The first-order chi connectivity index (χ1) is 7.49. The molecule has 16 heavy (non-hydrogen) atoms. The van der Waals surface area contributed by atoms with Gasteiger partial charge < -0.3 is 11.1 Å². The van der Waals surface area contributed by atoms with Crippen molar-refractivity contribution in [3.63, 3.8) is 0 Å². The zero-order chi connectivity index (χ0) is 12.1. The van der Waals surface area contributed by atoms with E-state index in [0.29, 0.717) is 0 Å². The van der Waals surface area contributed by atoms with Crippen LogP contribution in [0.5, 0.6) is 0 Å². The highest BCUT2D eigenvalue weighted by Gasteiger charge is 2.04. The molecule has 0 atom stereocenters. The molecule has 3 amide bonds. The first-order valence-electron chi connectivity index (χ1n) is 4.89. The van der Waals surface area contributed by atoms with Gasteiger partial charge in [0.05, 0.1) is 6.54 Å². The molecule has 0 heterocycles. The van der Waals surface area contributed by atoms with E-state index in [9.17, 15) is 9.59 Å². The molecule has 5 heteroatoms. The smallest absolute Gasteiger partial charge is 0.318 e. The summed E-state index contributed by atoms with van der Waals surface area (Å²) in [5.41, 5.74) is 7.88. The molecule has 0 fully saturated rings. The standard InChI is InChI=1S/C11H15N3O2/c1-7-3-4-9(8(2)5-7)13-6-10(15)14-11(12)16/h3-5,13H,6H2,1-2H3,(H3,12,14,15,16). The molecule has 0 saturated carbocycles. The summed E-state index contributed by atoms with van der Waals surface area (Å²) in [4.78, 5) is 21.5. The van der Waals surface area contributed by atoms with Crippen molar-refractivity contribution >= 4 is 17.6 Å². The summed E-state index contributed by atoms with van der Waals surface area (Å²) in [7, 11) is 0. The Balaban J connectivity index is 2.54. The Hall–Kier alpha value is -2.04. The van der Waals surface area contributed by atoms with Gasteiger partial charge >= 0.3 is 6.03 Å². The van der Waals surface area contributed by atoms with Crippen molar-refractivity contribution in [1.29, 1.82) is 0 Å². The second-order valence-corrected chi connectivity index (χ2v) is 3.58. The van der Waals surface area contributed by atoms with Crippen LogP contribution in [-0.2, 0) is 4.79 Å². The first kappa shape index (κ1) is 12.0. The van der Waals surface area contributed by atoms with E-state index in [2.05, 4.69) is 5.32 Å². The van der Waals surface area contributed by atoms with Crippen molar-refractivity contribution in [2.24, 2.45) is 5.73 Å². The number of urea groups is 1. The molecule has 0 spiro atoms. The minimum atomic E-state index is -0.840. The van der Waals surface area contributed by atoms with E-state index in [4.69, 9.17) is 5.73 Å². The third-order valence-corrected chi connectivity index (χ3v) is 2.08. The largest absolute Gasteiger partial charge is 0.376 e. The second-order valence-electron chi connectivity index (χ2n) is 3.58. The molecule has 0 saturated heterocycles. The summed E-state index contributed by atoms with van der Waals surface area (Å²) in [6, 6.07) is 5.00. The van der Waals surface area contributed by atoms with E-state index in [1.54, 1.807) is 0 Å². The van der Waals surface area contributed by atoms with Crippen LogP contribution in [0.3, 0.4) is 0 Å². The van der Waals surface area contributed by atoms with Crippen LogP contribution in [0.4, 0.5) is 10.5 Å². The summed E-state index contributed by atoms with van der Waals surface area (Å²) < 4.78 is 0. The number of benzene rings is 1. The van der Waals surface area contributed by atoms with Crippen molar-refractivity contribution in [2.75, 3.05) is 11.9 Å². The zero-order valence-electron chi connectivity index (χ0n) is 9.33. The van der Waals surface area contributed by atoms with Crippen LogP contribution in [0.2, 0.25) is 0 Å². The van der Waals surface area contributed by atoms with E-state index in [-0.39, 0.29) is 6.54 Å². The van der Waals surface area contributed by atoms with Crippen LogP contribution in [-0.4, -0.2) is 18.5 Å². The highest BCUT2D eigenvalue weighted by Crippen LogP contribution is 2.15. The van der Waals surface area contributed by atoms with Crippen molar-refractivity contribution in [2.45, 2.75) is 13.8 Å². The predicted octanol–water partition coefficient (Wildman–Crippen LogP) is 0.910. The number of hydrogen-bond donors (Lipinski definition) is 3. The van der Waals surface area contributed by atoms with Crippen LogP contribution in [0, 0.1) is 13.8 Å². The van der Waals surface area contributed by atoms with Gasteiger partial charge in [-0.1, -0.05) is 17.7 Å². The number of aryl methyl sites for hydroxylation is 2. The molecule has 0 unspecified atom stereocenters. The fourth-order valence-electron chi connectivity index (χ4n) is 1.37. The Morgan fingerprint density at radius 1 is 1.31 bits per heavy atom. The lowest BCUT2D eigenvalue weighted by Crippen LogP contribution is -2.38. The van der Waals surface area contributed by atoms with Gasteiger partial charge in [-0.15, -0.1) is 0 Å². The number of rotatable bonds is 3. The lowest BCUT2D eigenvalue weighted by Gasteiger charge is -2.09. The summed E-state index contributed by atoms with van der Waals surface area (Å²) in [6.45, 7) is 3.96. The van der Waals surface area contributed by atoms with E-state index in [0.717, 1.165) is 16.8 Å². The zero-order valence-corrected chi connectivity index (χ0v) is 9.33. The second kappa shape index (κ2) is 5.16. The molecule has 5 nitrogen and oxygen atoms in total. The molecule has 4 N–H and O–H groups in total. The van der Waals surface area contributed by atoms with Crippen LogP contribution < -0.4 is 16.4 Å². The lowest BCUT2D eigenvalue weighted by atomic mass is 10.1. The van der Waals surface area contributed by atoms with Gasteiger partial charge in [-0.2, -0.15) is 0 Å². The third kappa shape index (κ3) is 3.61. The molecule has 1 aromatic rings. The Bertz CT molecular complexity index is 416. The highest BCUT2D eigenvalue weighted by atomic mass is 16.2. The lowest BCUT2D eigenvalue weighted by molar-refractivity contribution is -0.118. The molecular weight excluding hydrogens is 206 g/mol. The van der Waals surface area contributed by atoms with Gasteiger partial charge in [-0.25, -0.2) is 4.79 Å². The third-order valence-electron chi connectivity index (χ3n) is 2.08. The van der Waals surface area contributed by atoms with Crippen molar-refractivity contribution < 1.29 is 9.59 Å². The summed E-state index contributed by atoms with van der Waals surface area (Å²) in [6.07, 6.45) is 0. The van der Waals surface area contributed by atoms with Crippen molar-refractivity contribution in [3.8, 4) is 0 Å². The number of primary amides is 1. The monoisotopic (exact) mass is 221 g/mol. The predicted molar refractivity (Wildman–Crippen MR) is 62.1 cm³/mol. The summed E-state index contributed by atoms with van der Waals surface area (Å²) in [5.74, 6) is -0.451. The van der Waals surface area contributed by atoms with Crippen LogP contribution in [0.1, 0.15) is 11.1 Å². The molecule has 0 aliphatic heterocycles. The number of carbonyl (C=O) groups is 2. The van der Waals surface area contributed by atoms with Gasteiger partial charge in [0.1, 0.15) is 0 Å². The number of imide groups is 1. The Morgan fingerprint density at radius 3 is 2.56 bits per heavy atom. The highest BCUT2D eigenvalue weighted by molar-refractivity contribution is 5.95. The minimum absolute atomic E-state index is 0.0207. The van der Waals surface area contributed by atoms with E-state index in [1.165, 1.54) is 0 Å². The number of anilines is 1. The van der Waals surface area contributed by atoms with Gasteiger partial charge in [-0.3, -0.25) is 10.1 Å². The number of nitrogens with one attached hydrogen (secondary N) is 2. The van der Waals surface area contributed by atoms with Gasteiger partial charge in [0.25, 0.3) is 0 Å². The van der Waals surface area contributed by atoms with E-state index in [1.807, 2.05) is 37.4 Å². The molecule has 0 bridgehead atoms. The van der Waals surface area contributed by atoms with Crippen LogP contribution in [0.15, 0.2) is 18.2 Å². The van der Waals surface area contributed by atoms with Gasteiger partial charge in [0.2, 0.25) is 5.91 Å². The first-order valence-corrected chi connectivity index (χ1v) is 4.89.